The van der Waals surface area contributed by atoms with E-state index in [1.165, 1.54) is 5.56 Å². The van der Waals surface area contributed by atoms with Crippen LogP contribution in [0.25, 0.3) is 11.4 Å². The second kappa shape index (κ2) is 8.62. The van der Waals surface area contributed by atoms with Gasteiger partial charge in [-0.3, -0.25) is 4.98 Å². The van der Waals surface area contributed by atoms with Crippen molar-refractivity contribution in [2.45, 2.75) is 13.5 Å². The number of nitrogens with one attached hydrogen (secondary N) is 1. The molecule has 0 bridgehead atoms. The molecule has 2 heterocycles. The molecule has 0 amide bonds. The molecule has 144 valence electrons. The largest absolute Gasteiger partial charge is 0.489 e. The van der Waals surface area contributed by atoms with Crippen LogP contribution in [0.4, 0.5) is 0 Å². The number of H-pyrrole nitrogens is 1. The Balaban J connectivity index is 1.45. The Bertz CT molecular complexity index is 1160. The number of hydrogen-bond donors (Lipinski definition) is 1. The molecule has 6 nitrogen and oxygen atoms in total. The Hall–Kier alpha value is -3.58. The first kappa shape index (κ1) is 18.8. The van der Waals surface area contributed by atoms with Crippen molar-refractivity contribution in [2.75, 3.05) is 0 Å². The molecule has 0 spiro atoms. The zero-order valence-electron chi connectivity index (χ0n) is 15.8. The van der Waals surface area contributed by atoms with Crippen molar-refractivity contribution in [3.8, 4) is 17.1 Å². The summed E-state index contributed by atoms with van der Waals surface area (Å²) in [4.78, 5) is 4.12. The summed E-state index contributed by atoms with van der Waals surface area (Å²) in [5.74, 6) is 1.41. The first-order valence-corrected chi connectivity index (χ1v) is 9.50. The van der Waals surface area contributed by atoms with Gasteiger partial charge in [-0.2, -0.15) is 14.9 Å². The average molecular weight is 401 g/mol. The Kier molecular flexibility index (Phi) is 5.58. The summed E-state index contributed by atoms with van der Waals surface area (Å²) in [7, 11) is 0. The third-order valence-electron chi connectivity index (χ3n) is 4.30. The lowest BCUT2D eigenvalue weighted by atomic mass is 10.2. The Morgan fingerprint density at radius 2 is 1.90 bits per heavy atom. The van der Waals surface area contributed by atoms with Gasteiger partial charge in [-0.1, -0.05) is 29.8 Å². The van der Waals surface area contributed by atoms with Crippen LogP contribution in [0, 0.1) is 11.7 Å². The number of ether oxygens (including phenoxy) is 1. The number of aromatic nitrogens is 4. The van der Waals surface area contributed by atoms with Gasteiger partial charge in [-0.05, 0) is 66.7 Å². The fourth-order valence-corrected chi connectivity index (χ4v) is 2.89. The van der Waals surface area contributed by atoms with Crippen LogP contribution < -0.4 is 4.74 Å². The molecule has 2 aromatic heterocycles. The lowest BCUT2D eigenvalue weighted by molar-refractivity contribution is 0.306. The third kappa shape index (κ3) is 4.64. The molecule has 4 rings (SSSR count). The van der Waals surface area contributed by atoms with Crippen LogP contribution in [-0.2, 0) is 6.61 Å². The normalized spacial score (nSPS) is 11.1. The maximum atomic E-state index is 5.85. The molecule has 0 fully saturated rings. The van der Waals surface area contributed by atoms with Gasteiger partial charge in [0.25, 0.3) is 0 Å². The Morgan fingerprint density at radius 3 is 2.62 bits per heavy atom. The van der Waals surface area contributed by atoms with Gasteiger partial charge in [0.15, 0.2) is 5.82 Å². The highest BCUT2D eigenvalue weighted by molar-refractivity contribution is 7.71. The van der Waals surface area contributed by atoms with Crippen molar-refractivity contribution < 1.29 is 4.74 Å². The predicted molar refractivity (Wildman–Crippen MR) is 116 cm³/mol. The summed E-state index contributed by atoms with van der Waals surface area (Å²) < 4.78 is 7.84. The van der Waals surface area contributed by atoms with E-state index in [1.54, 1.807) is 23.3 Å². The SMILES string of the molecule is Cc1ccc(COc2ccc(/C=N/n3c(-c4cccnc4)n[nH]c3=S)cc2)cc1. The number of aromatic amines is 1. The van der Waals surface area contributed by atoms with E-state index in [4.69, 9.17) is 17.0 Å². The fourth-order valence-electron chi connectivity index (χ4n) is 2.71. The monoisotopic (exact) mass is 401 g/mol. The van der Waals surface area contributed by atoms with Crippen LogP contribution in [-0.4, -0.2) is 26.1 Å². The van der Waals surface area contributed by atoms with Crippen LogP contribution in [0.5, 0.6) is 5.75 Å². The molecular formula is C22H19N5OS. The molecule has 0 saturated carbocycles. The molecule has 0 saturated heterocycles. The zero-order chi connectivity index (χ0) is 20.1. The molecule has 0 aliphatic heterocycles. The number of aryl methyl sites for hydroxylation is 1. The van der Waals surface area contributed by atoms with Crippen LogP contribution in [0.2, 0.25) is 0 Å². The van der Waals surface area contributed by atoms with Crippen LogP contribution in [0.1, 0.15) is 16.7 Å². The van der Waals surface area contributed by atoms with Gasteiger partial charge in [-0.15, -0.1) is 0 Å². The number of benzene rings is 2. The highest BCUT2D eigenvalue weighted by atomic mass is 32.1. The van der Waals surface area contributed by atoms with Gasteiger partial charge in [0.2, 0.25) is 4.77 Å². The predicted octanol–water partition coefficient (Wildman–Crippen LogP) is 4.77. The van der Waals surface area contributed by atoms with E-state index in [1.807, 2.05) is 36.4 Å². The zero-order valence-corrected chi connectivity index (χ0v) is 16.6. The van der Waals surface area contributed by atoms with E-state index in [9.17, 15) is 0 Å². The molecule has 0 atom stereocenters. The van der Waals surface area contributed by atoms with Gasteiger partial charge >= 0.3 is 0 Å². The number of pyridine rings is 1. The van der Waals surface area contributed by atoms with E-state index < -0.39 is 0 Å². The van der Waals surface area contributed by atoms with Gasteiger partial charge in [-0.25, -0.2) is 5.10 Å². The quantitative estimate of drug-likeness (QED) is 0.373. The minimum atomic E-state index is 0.415. The van der Waals surface area contributed by atoms with E-state index in [0.717, 1.165) is 22.4 Å². The van der Waals surface area contributed by atoms with Crippen molar-refractivity contribution in [2.24, 2.45) is 5.10 Å². The molecule has 0 aliphatic carbocycles. The van der Waals surface area contributed by atoms with Gasteiger partial charge < -0.3 is 4.74 Å². The van der Waals surface area contributed by atoms with Crippen molar-refractivity contribution in [3.05, 3.63) is 94.5 Å². The maximum absolute atomic E-state index is 5.85. The molecule has 4 aromatic rings. The summed E-state index contributed by atoms with van der Waals surface area (Å²) >= 11 is 5.29. The van der Waals surface area contributed by atoms with E-state index in [-0.39, 0.29) is 0 Å². The van der Waals surface area contributed by atoms with Crippen molar-refractivity contribution in [3.63, 3.8) is 0 Å². The lowest BCUT2D eigenvalue weighted by Gasteiger charge is -2.07. The van der Waals surface area contributed by atoms with Crippen molar-refractivity contribution in [1.82, 2.24) is 19.9 Å². The van der Waals surface area contributed by atoms with Gasteiger partial charge in [0.1, 0.15) is 12.4 Å². The number of nitrogens with zero attached hydrogens (tertiary/aromatic N) is 4. The van der Waals surface area contributed by atoms with Gasteiger partial charge in [0.05, 0.1) is 6.21 Å². The minimum Gasteiger partial charge on any atom is -0.489 e. The summed E-state index contributed by atoms with van der Waals surface area (Å²) in [5, 5.41) is 11.5. The number of hydrogen-bond acceptors (Lipinski definition) is 5. The van der Waals surface area contributed by atoms with E-state index in [2.05, 4.69) is 51.5 Å². The lowest BCUT2D eigenvalue weighted by Crippen LogP contribution is -1.96. The molecule has 0 unspecified atom stereocenters. The summed E-state index contributed by atoms with van der Waals surface area (Å²) in [6, 6.07) is 19.8. The first-order valence-electron chi connectivity index (χ1n) is 9.09. The first-order chi connectivity index (χ1) is 14.2. The Labute approximate surface area is 173 Å². The summed E-state index contributed by atoms with van der Waals surface area (Å²) in [6.45, 7) is 2.60. The molecule has 7 heteroatoms. The molecule has 0 aliphatic rings. The third-order valence-corrected chi connectivity index (χ3v) is 4.56. The maximum Gasteiger partial charge on any atom is 0.216 e. The molecule has 2 aromatic carbocycles. The highest BCUT2D eigenvalue weighted by Gasteiger charge is 2.07. The molecule has 29 heavy (non-hydrogen) atoms. The minimum absolute atomic E-state index is 0.415. The second-order valence-corrected chi connectivity index (χ2v) is 6.88. The number of rotatable bonds is 6. The van der Waals surface area contributed by atoms with Gasteiger partial charge in [0, 0.05) is 18.0 Å². The molecule has 1 N–H and O–H groups in total. The van der Waals surface area contributed by atoms with Crippen molar-refractivity contribution in [1.29, 1.82) is 0 Å². The molecular weight excluding hydrogens is 382 g/mol. The van der Waals surface area contributed by atoms with E-state index in [0.29, 0.717) is 17.2 Å². The summed E-state index contributed by atoms with van der Waals surface area (Å²) in [6.07, 6.45) is 5.16. The second-order valence-electron chi connectivity index (χ2n) is 6.49. The van der Waals surface area contributed by atoms with Crippen LogP contribution in [0.15, 0.2) is 78.2 Å². The summed E-state index contributed by atoms with van der Waals surface area (Å²) in [5.41, 5.74) is 4.13. The average Bonchev–Trinajstić information content (AvgIpc) is 3.13. The topological polar surface area (TPSA) is 68.1 Å². The van der Waals surface area contributed by atoms with Crippen molar-refractivity contribution >= 4 is 18.4 Å². The standard InChI is InChI=1S/C22H19N5OS/c1-16-4-6-18(7-5-16)15-28-20-10-8-17(9-11-20)13-24-27-21(25-26-22(27)29)19-3-2-12-23-14-19/h2-14H,15H2,1H3,(H,26,29)/b24-13+. The van der Waals surface area contributed by atoms with Crippen LogP contribution >= 0.6 is 12.2 Å². The Morgan fingerprint density at radius 1 is 1.10 bits per heavy atom. The highest BCUT2D eigenvalue weighted by Crippen LogP contribution is 2.16. The smallest absolute Gasteiger partial charge is 0.216 e. The van der Waals surface area contributed by atoms with Crippen LogP contribution in [0.3, 0.4) is 0 Å². The molecule has 0 radical (unpaired) electrons. The fraction of sp³-hybridized carbons (Fsp3) is 0.0909. The van der Waals surface area contributed by atoms with E-state index >= 15 is 0 Å².